The van der Waals surface area contributed by atoms with Crippen LogP contribution in [0, 0.1) is 17.3 Å². The summed E-state index contributed by atoms with van der Waals surface area (Å²) in [7, 11) is 0. The van der Waals surface area contributed by atoms with Crippen molar-refractivity contribution in [1.82, 2.24) is 0 Å². The van der Waals surface area contributed by atoms with E-state index in [9.17, 15) is 14.7 Å². The standard InChI is InChI=1S/C20H23ClO4/c1-12(17(22)15-2-4-16(21)5-3-15)25-18(23)19-7-13-6-14(8-19)10-20(24,9-13)11-19/h2-5,12-14,24H,6-11H2,1H3/t12-,13-,14-,19?,20?/m1/s1. The molecule has 0 unspecified atom stereocenters. The molecule has 4 saturated carbocycles. The lowest BCUT2D eigenvalue weighted by atomic mass is 9.48. The van der Waals surface area contributed by atoms with Gasteiger partial charge in [-0.15, -0.1) is 0 Å². The van der Waals surface area contributed by atoms with Gasteiger partial charge in [0.15, 0.2) is 6.10 Å². The first-order valence-electron chi connectivity index (χ1n) is 9.02. The average Bonchev–Trinajstić information content (AvgIpc) is 2.52. The molecule has 4 aliphatic rings. The van der Waals surface area contributed by atoms with Crippen LogP contribution in [0.2, 0.25) is 5.02 Å². The number of benzene rings is 1. The molecule has 3 atom stereocenters. The Morgan fingerprint density at radius 2 is 1.76 bits per heavy atom. The van der Waals surface area contributed by atoms with Crippen LogP contribution in [0.25, 0.3) is 0 Å². The van der Waals surface area contributed by atoms with Crippen molar-refractivity contribution in [3.05, 3.63) is 34.9 Å². The van der Waals surface area contributed by atoms with E-state index in [1.54, 1.807) is 31.2 Å². The normalized spacial score (nSPS) is 36.9. The van der Waals surface area contributed by atoms with Gasteiger partial charge in [0.1, 0.15) is 0 Å². The maximum Gasteiger partial charge on any atom is 0.312 e. The zero-order valence-corrected chi connectivity index (χ0v) is 15.1. The first-order valence-corrected chi connectivity index (χ1v) is 9.40. The topological polar surface area (TPSA) is 63.6 Å². The molecule has 0 radical (unpaired) electrons. The molecule has 4 nitrogen and oxygen atoms in total. The summed E-state index contributed by atoms with van der Waals surface area (Å²) in [6, 6.07) is 6.58. The number of halogens is 1. The molecule has 0 heterocycles. The molecule has 4 bridgehead atoms. The zero-order chi connectivity index (χ0) is 17.8. The van der Waals surface area contributed by atoms with Crippen molar-refractivity contribution in [3.8, 4) is 0 Å². The maximum atomic E-state index is 12.9. The second kappa shape index (κ2) is 5.82. The molecular formula is C20H23ClO4. The number of carbonyl (C=O) groups is 2. The smallest absolute Gasteiger partial charge is 0.312 e. The minimum absolute atomic E-state index is 0.228. The number of hydrogen-bond acceptors (Lipinski definition) is 4. The number of aliphatic hydroxyl groups is 1. The number of ketones is 1. The molecule has 134 valence electrons. The summed E-state index contributed by atoms with van der Waals surface area (Å²) in [4.78, 5) is 25.4. The highest BCUT2D eigenvalue weighted by molar-refractivity contribution is 6.30. The Bertz CT molecular complexity index is 697. The third kappa shape index (κ3) is 3.00. The van der Waals surface area contributed by atoms with Crippen LogP contribution in [0.3, 0.4) is 0 Å². The van der Waals surface area contributed by atoms with Crippen LogP contribution in [-0.2, 0) is 9.53 Å². The largest absolute Gasteiger partial charge is 0.454 e. The van der Waals surface area contributed by atoms with Crippen LogP contribution < -0.4 is 0 Å². The molecule has 0 aromatic heterocycles. The Kier molecular flexibility index (Phi) is 3.97. The number of rotatable bonds is 4. The van der Waals surface area contributed by atoms with Crippen molar-refractivity contribution >= 4 is 23.4 Å². The Labute approximate surface area is 152 Å². The van der Waals surface area contributed by atoms with Gasteiger partial charge in [-0.2, -0.15) is 0 Å². The second-order valence-electron chi connectivity index (χ2n) is 8.38. The molecule has 5 rings (SSSR count). The Morgan fingerprint density at radius 3 is 2.32 bits per heavy atom. The van der Waals surface area contributed by atoms with Gasteiger partial charge in [0.2, 0.25) is 5.78 Å². The van der Waals surface area contributed by atoms with Gasteiger partial charge in [-0.25, -0.2) is 0 Å². The first kappa shape index (κ1) is 17.0. The Balaban J connectivity index is 1.48. The molecule has 5 heteroatoms. The van der Waals surface area contributed by atoms with E-state index in [-0.39, 0.29) is 11.8 Å². The number of ether oxygens (including phenoxy) is 1. The Hall–Kier alpha value is -1.39. The summed E-state index contributed by atoms with van der Waals surface area (Å²) < 4.78 is 5.59. The minimum atomic E-state index is -0.837. The van der Waals surface area contributed by atoms with Crippen molar-refractivity contribution in [1.29, 1.82) is 0 Å². The molecule has 1 aromatic rings. The van der Waals surface area contributed by atoms with E-state index in [0.717, 1.165) is 32.1 Å². The highest BCUT2D eigenvalue weighted by Crippen LogP contribution is 2.62. The summed E-state index contributed by atoms with van der Waals surface area (Å²) >= 11 is 5.85. The number of esters is 1. The fourth-order valence-corrected chi connectivity index (χ4v) is 5.77. The van der Waals surface area contributed by atoms with Gasteiger partial charge < -0.3 is 9.84 Å². The van der Waals surface area contributed by atoms with Gasteiger partial charge in [-0.05, 0) is 81.5 Å². The molecule has 0 aliphatic heterocycles. The lowest BCUT2D eigenvalue weighted by Crippen LogP contribution is -2.58. The molecular weight excluding hydrogens is 340 g/mol. The SMILES string of the molecule is C[C@@H](OC(=O)C12C[C@H]3C[C@@H](CC(O)(C3)C1)C2)C(=O)c1ccc(Cl)cc1. The predicted octanol–water partition coefficient (Wildman–Crippen LogP) is 3.79. The number of Topliss-reactive ketones (excluding diaryl/α,β-unsaturated/α-hetero) is 1. The fourth-order valence-electron chi connectivity index (χ4n) is 5.64. The summed E-state index contributed by atoms with van der Waals surface area (Å²) in [6.07, 6.45) is 3.93. The van der Waals surface area contributed by atoms with E-state index in [4.69, 9.17) is 16.3 Å². The van der Waals surface area contributed by atoms with Crippen LogP contribution >= 0.6 is 11.6 Å². The average molecular weight is 363 g/mol. The van der Waals surface area contributed by atoms with Gasteiger partial charge >= 0.3 is 5.97 Å². The number of carbonyl (C=O) groups excluding carboxylic acids is 2. The molecule has 4 aliphatic carbocycles. The summed E-state index contributed by atoms with van der Waals surface area (Å²) in [5.41, 5.74) is -0.839. The van der Waals surface area contributed by atoms with E-state index < -0.39 is 17.1 Å². The zero-order valence-electron chi connectivity index (χ0n) is 14.3. The minimum Gasteiger partial charge on any atom is -0.454 e. The van der Waals surface area contributed by atoms with Crippen molar-refractivity contribution in [2.24, 2.45) is 17.3 Å². The van der Waals surface area contributed by atoms with Gasteiger partial charge in [0, 0.05) is 10.6 Å². The molecule has 25 heavy (non-hydrogen) atoms. The molecule has 4 fully saturated rings. The van der Waals surface area contributed by atoms with E-state index >= 15 is 0 Å². The second-order valence-corrected chi connectivity index (χ2v) is 8.82. The summed E-state index contributed by atoms with van der Waals surface area (Å²) in [5, 5.41) is 11.3. The molecule has 0 saturated heterocycles. The van der Waals surface area contributed by atoms with Crippen LogP contribution in [0.15, 0.2) is 24.3 Å². The van der Waals surface area contributed by atoms with Crippen molar-refractivity contribution in [3.63, 3.8) is 0 Å². The lowest BCUT2D eigenvalue weighted by molar-refractivity contribution is -0.197. The molecule has 1 aromatic carbocycles. The third-order valence-corrected chi connectivity index (χ3v) is 6.50. The van der Waals surface area contributed by atoms with Gasteiger partial charge in [0.05, 0.1) is 11.0 Å². The van der Waals surface area contributed by atoms with Crippen molar-refractivity contribution in [2.45, 2.75) is 57.2 Å². The van der Waals surface area contributed by atoms with E-state index in [2.05, 4.69) is 0 Å². The highest BCUT2D eigenvalue weighted by Gasteiger charge is 2.61. The van der Waals surface area contributed by atoms with Crippen LogP contribution in [0.4, 0.5) is 0 Å². The molecule has 0 spiro atoms. The van der Waals surface area contributed by atoms with Gasteiger partial charge in [-0.3, -0.25) is 9.59 Å². The van der Waals surface area contributed by atoms with Crippen LogP contribution in [-0.4, -0.2) is 28.6 Å². The summed E-state index contributed by atoms with van der Waals surface area (Å²) in [5.74, 6) is 0.269. The molecule has 0 amide bonds. The Morgan fingerprint density at radius 1 is 1.16 bits per heavy atom. The van der Waals surface area contributed by atoms with Crippen molar-refractivity contribution < 1.29 is 19.4 Å². The van der Waals surface area contributed by atoms with E-state index in [1.165, 1.54) is 0 Å². The van der Waals surface area contributed by atoms with E-state index in [0.29, 0.717) is 28.8 Å². The van der Waals surface area contributed by atoms with Crippen molar-refractivity contribution in [2.75, 3.05) is 0 Å². The van der Waals surface area contributed by atoms with E-state index in [1.807, 2.05) is 0 Å². The quantitative estimate of drug-likeness (QED) is 0.654. The predicted molar refractivity (Wildman–Crippen MR) is 93.4 cm³/mol. The number of hydrogen-bond donors (Lipinski definition) is 1. The van der Waals surface area contributed by atoms with Gasteiger partial charge in [0.25, 0.3) is 0 Å². The third-order valence-electron chi connectivity index (χ3n) is 6.25. The van der Waals surface area contributed by atoms with Crippen LogP contribution in [0.5, 0.6) is 0 Å². The highest BCUT2D eigenvalue weighted by atomic mass is 35.5. The fraction of sp³-hybridized carbons (Fsp3) is 0.600. The van der Waals surface area contributed by atoms with Gasteiger partial charge in [-0.1, -0.05) is 11.6 Å². The summed E-state index contributed by atoms with van der Waals surface area (Å²) in [6.45, 7) is 1.62. The molecule has 1 N–H and O–H groups in total. The monoisotopic (exact) mass is 362 g/mol. The first-order chi connectivity index (χ1) is 11.8. The maximum absolute atomic E-state index is 12.9. The lowest BCUT2D eigenvalue weighted by Gasteiger charge is -2.58. The van der Waals surface area contributed by atoms with Crippen LogP contribution in [0.1, 0.15) is 55.8 Å².